The standard InChI is InChI=1S/C13H11O2P/c1-9-2-7-13(16-15)12(8-9)10-3-5-11(14)6-4-10/h2-8,14H,1H3. The first kappa shape index (κ1) is 10.8. The van der Waals surface area contributed by atoms with Crippen molar-refractivity contribution in [3.8, 4) is 16.9 Å². The molecule has 0 fully saturated rings. The van der Waals surface area contributed by atoms with Gasteiger partial charge >= 0.3 is 0 Å². The van der Waals surface area contributed by atoms with E-state index in [9.17, 15) is 9.67 Å². The van der Waals surface area contributed by atoms with E-state index in [4.69, 9.17) is 0 Å². The molecule has 0 unspecified atom stereocenters. The van der Waals surface area contributed by atoms with Gasteiger partial charge in [-0.05, 0) is 36.2 Å². The van der Waals surface area contributed by atoms with Crippen molar-refractivity contribution >= 4 is 13.8 Å². The molecule has 0 aromatic heterocycles. The van der Waals surface area contributed by atoms with Crippen molar-refractivity contribution in [2.24, 2.45) is 0 Å². The summed E-state index contributed by atoms with van der Waals surface area (Å²) < 4.78 is 11.0. The van der Waals surface area contributed by atoms with Gasteiger partial charge in [-0.2, -0.15) is 0 Å². The Labute approximate surface area is 95.8 Å². The van der Waals surface area contributed by atoms with Crippen molar-refractivity contribution in [3.05, 3.63) is 48.0 Å². The maximum Gasteiger partial charge on any atom is 0.192 e. The van der Waals surface area contributed by atoms with Crippen molar-refractivity contribution in [2.75, 3.05) is 0 Å². The van der Waals surface area contributed by atoms with Gasteiger partial charge in [-0.1, -0.05) is 29.8 Å². The Balaban J connectivity index is 2.57. The third-order valence-corrected chi connectivity index (χ3v) is 3.02. The molecular weight excluding hydrogens is 219 g/mol. The number of benzene rings is 2. The van der Waals surface area contributed by atoms with E-state index in [0.29, 0.717) is 0 Å². The lowest BCUT2D eigenvalue weighted by atomic mass is 10.0. The van der Waals surface area contributed by atoms with Crippen LogP contribution in [0, 0.1) is 6.92 Å². The van der Waals surface area contributed by atoms with E-state index < -0.39 is 0 Å². The molecule has 0 saturated carbocycles. The molecule has 1 N–H and O–H groups in total. The third-order valence-electron chi connectivity index (χ3n) is 2.43. The summed E-state index contributed by atoms with van der Waals surface area (Å²) in [5.41, 5.74) is 3.02. The summed E-state index contributed by atoms with van der Waals surface area (Å²) in [6.07, 6.45) is 0. The summed E-state index contributed by atoms with van der Waals surface area (Å²) in [5, 5.41) is 9.98. The van der Waals surface area contributed by atoms with Gasteiger partial charge in [0.15, 0.2) is 8.46 Å². The van der Waals surface area contributed by atoms with Crippen LogP contribution in [0.2, 0.25) is 0 Å². The molecule has 0 saturated heterocycles. The van der Waals surface area contributed by atoms with Crippen LogP contribution in [0.25, 0.3) is 11.1 Å². The van der Waals surface area contributed by atoms with Crippen molar-refractivity contribution < 1.29 is 9.67 Å². The molecule has 80 valence electrons. The first-order chi connectivity index (χ1) is 7.70. The minimum Gasteiger partial charge on any atom is -0.508 e. The van der Waals surface area contributed by atoms with Crippen LogP contribution >= 0.6 is 8.46 Å². The van der Waals surface area contributed by atoms with Crippen molar-refractivity contribution in [2.45, 2.75) is 6.92 Å². The number of rotatable bonds is 2. The van der Waals surface area contributed by atoms with E-state index in [2.05, 4.69) is 0 Å². The van der Waals surface area contributed by atoms with E-state index >= 15 is 0 Å². The predicted molar refractivity (Wildman–Crippen MR) is 65.5 cm³/mol. The van der Waals surface area contributed by atoms with Gasteiger partial charge in [0.25, 0.3) is 0 Å². The number of aromatic hydroxyl groups is 1. The number of phenols is 1. The summed E-state index contributed by atoms with van der Waals surface area (Å²) >= 11 is 0. The number of hydrogen-bond acceptors (Lipinski definition) is 2. The summed E-state index contributed by atoms with van der Waals surface area (Å²) in [6.45, 7) is 2.00. The smallest absolute Gasteiger partial charge is 0.192 e. The molecule has 3 heteroatoms. The van der Waals surface area contributed by atoms with Gasteiger partial charge in [-0.25, -0.2) is 0 Å². The molecular formula is C13H11O2P. The average Bonchev–Trinajstić information content (AvgIpc) is 2.30. The van der Waals surface area contributed by atoms with Gasteiger partial charge in [0.1, 0.15) is 5.75 Å². The fourth-order valence-electron chi connectivity index (χ4n) is 1.60. The molecule has 2 nitrogen and oxygen atoms in total. The molecule has 0 radical (unpaired) electrons. The van der Waals surface area contributed by atoms with Gasteiger partial charge in [-0.3, -0.25) is 4.57 Å². The van der Waals surface area contributed by atoms with Gasteiger partial charge in [-0.15, -0.1) is 0 Å². The fraction of sp³-hybridized carbons (Fsp3) is 0.0769. The van der Waals surface area contributed by atoms with Crippen LogP contribution in [0.3, 0.4) is 0 Å². The zero-order valence-electron chi connectivity index (χ0n) is 8.84. The average molecular weight is 230 g/mol. The van der Waals surface area contributed by atoms with Gasteiger partial charge < -0.3 is 5.11 Å². The number of phenolic OH excluding ortho intramolecular Hbond substituents is 1. The van der Waals surface area contributed by atoms with Crippen LogP contribution in [-0.2, 0) is 4.57 Å². The summed E-state index contributed by atoms with van der Waals surface area (Å²) in [6, 6.07) is 12.7. The Hall–Kier alpha value is -1.66. The second-order valence-corrected chi connectivity index (χ2v) is 4.32. The lowest BCUT2D eigenvalue weighted by Crippen LogP contribution is -1.97. The molecule has 0 amide bonds. The molecule has 0 aliphatic rings. The number of aryl methyl sites for hydroxylation is 1. The maximum absolute atomic E-state index is 11.0. The highest BCUT2D eigenvalue weighted by Crippen LogP contribution is 2.23. The molecule has 0 heterocycles. The molecule has 2 rings (SSSR count). The third kappa shape index (κ3) is 2.12. The first-order valence-electron chi connectivity index (χ1n) is 4.94. The number of hydrogen-bond donors (Lipinski definition) is 1. The molecule has 0 aliphatic carbocycles. The lowest BCUT2D eigenvalue weighted by Gasteiger charge is -2.05. The predicted octanol–water partition coefficient (Wildman–Crippen LogP) is 3.28. The van der Waals surface area contributed by atoms with E-state index in [0.717, 1.165) is 22.0 Å². The molecule has 0 aliphatic heterocycles. The topological polar surface area (TPSA) is 37.3 Å². The van der Waals surface area contributed by atoms with E-state index in [1.807, 2.05) is 37.3 Å². The van der Waals surface area contributed by atoms with Crippen LogP contribution in [0.5, 0.6) is 5.75 Å². The molecule has 2 aromatic rings. The van der Waals surface area contributed by atoms with Crippen LogP contribution < -0.4 is 5.30 Å². The Bertz CT molecular complexity index is 518. The van der Waals surface area contributed by atoms with Crippen LogP contribution in [-0.4, -0.2) is 5.11 Å². The van der Waals surface area contributed by atoms with E-state index in [-0.39, 0.29) is 14.2 Å². The second kappa shape index (κ2) is 4.46. The minimum atomic E-state index is 0.0131. The SMILES string of the molecule is Cc1ccc(P=O)c(-c2ccc(O)cc2)c1. The van der Waals surface area contributed by atoms with Gasteiger partial charge in [0, 0.05) is 0 Å². The van der Waals surface area contributed by atoms with Crippen molar-refractivity contribution in [1.82, 2.24) is 0 Å². The van der Waals surface area contributed by atoms with Crippen molar-refractivity contribution in [1.29, 1.82) is 0 Å². The molecule has 0 atom stereocenters. The van der Waals surface area contributed by atoms with Gasteiger partial charge in [0.2, 0.25) is 0 Å². The molecule has 2 aromatic carbocycles. The van der Waals surface area contributed by atoms with Crippen molar-refractivity contribution in [3.63, 3.8) is 0 Å². The highest BCUT2D eigenvalue weighted by molar-refractivity contribution is 7.34. The minimum absolute atomic E-state index is 0.0131. The Morgan fingerprint density at radius 3 is 2.38 bits per heavy atom. The summed E-state index contributed by atoms with van der Waals surface area (Å²) in [5.74, 6) is 0.234. The van der Waals surface area contributed by atoms with E-state index in [1.54, 1.807) is 12.1 Å². The quantitative estimate of drug-likeness (QED) is 0.804. The monoisotopic (exact) mass is 230 g/mol. The van der Waals surface area contributed by atoms with Gasteiger partial charge in [0.05, 0.1) is 5.30 Å². The molecule has 0 spiro atoms. The first-order valence-corrected chi connectivity index (χ1v) is 5.75. The zero-order valence-corrected chi connectivity index (χ0v) is 9.74. The lowest BCUT2D eigenvalue weighted by molar-refractivity contribution is 0.475. The summed E-state index contributed by atoms with van der Waals surface area (Å²) in [7, 11) is 0.0131. The largest absolute Gasteiger partial charge is 0.508 e. The Kier molecular flexibility index (Phi) is 3.02. The summed E-state index contributed by atoms with van der Waals surface area (Å²) in [4.78, 5) is 0. The normalized spacial score (nSPS) is 10.6. The molecule has 16 heavy (non-hydrogen) atoms. The molecule has 0 bridgehead atoms. The maximum atomic E-state index is 11.0. The van der Waals surface area contributed by atoms with E-state index in [1.165, 1.54) is 0 Å². The second-order valence-electron chi connectivity index (χ2n) is 3.66. The fourth-order valence-corrected chi connectivity index (χ4v) is 2.03. The van der Waals surface area contributed by atoms with Crippen LogP contribution in [0.4, 0.5) is 0 Å². The zero-order chi connectivity index (χ0) is 11.5. The van der Waals surface area contributed by atoms with Crippen LogP contribution in [0.15, 0.2) is 42.5 Å². The highest BCUT2D eigenvalue weighted by Gasteiger charge is 2.05. The Morgan fingerprint density at radius 2 is 1.75 bits per heavy atom. The Morgan fingerprint density at radius 1 is 1.06 bits per heavy atom. The highest BCUT2D eigenvalue weighted by atomic mass is 31.1. The van der Waals surface area contributed by atoms with Crippen LogP contribution in [0.1, 0.15) is 5.56 Å².